The highest BCUT2D eigenvalue weighted by Gasteiger charge is 2.12. The van der Waals surface area contributed by atoms with Crippen LogP contribution in [0.25, 0.3) is 0 Å². The van der Waals surface area contributed by atoms with Gasteiger partial charge in [0.1, 0.15) is 23.7 Å². The molecule has 3 rings (SSSR count). The molecule has 1 aromatic heterocycles. The first-order valence-electron chi connectivity index (χ1n) is 7.04. The van der Waals surface area contributed by atoms with E-state index in [1.165, 1.54) is 0 Å². The van der Waals surface area contributed by atoms with E-state index in [-0.39, 0.29) is 0 Å². The predicted octanol–water partition coefficient (Wildman–Crippen LogP) is 1.64. The average molecular weight is 285 g/mol. The number of hydrogen-bond donors (Lipinski definition) is 2. The van der Waals surface area contributed by atoms with Crippen LogP contribution in [0.5, 0.6) is 5.75 Å². The summed E-state index contributed by atoms with van der Waals surface area (Å²) in [6.45, 7) is 3.93. The second-order valence-electron chi connectivity index (χ2n) is 4.85. The zero-order valence-electron chi connectivity index (χ0n) is 12.0. The lowest BCUT2D eigenvalue weighted by molar-refractivity contribution is 0.415. The molecule has 0 aliphatic carbocycles. The molecular formula is C15H19N5O. The molecule has 0 saturated carbocycles. The third-order valence-corrected chi connectivity index (χ3v) is 3.46. The van der Waals surface area contributed by atoms with Crippen LogP contribution in [0.2, 0.25) is 0 Å². The summed E-state index contributed by atoms with van der Waals surface area (Å²) in [6, 6.07) is 9.74. The van der Waals surface area contributed by atoms with Gasteiger partial charge in [0.25, 0.3) is 0 Å². The van der Waals surface area contributed by atoms with Gasteiger partial charge < -0.3 is 20.3 Å². The van der Waals surface area contributed by atoms with Crippen LogP contribution in [0, 0.1) is 0 Å². The molecule has 1 aliphatic heterocycles. The number of hydrogen-bond acceptors (Lipinski definition) is 6. The van der Waals surface area contributed by atoms with Crippen molar-refractivity contribution in [2.45, 2.75) is 0 Å². The van der Waals surface area contributed by atoms with E-state index >= 15 is 0 Å². The Bertz CT molecular complexity index is 581. The fraction of sp³-hybridized carbons (Fsp3) is 0.333. The smallest absolute Gasteiger partial charge is 0.135 e. The number of nitrogens with zero attached hydrogens (tertiary/aromatic N) is 3. The van der Waals surface area contributed by atoms with Crippen molar-refractivity contribution < 1.29 is 4.74 Å². The minimum atomic E-state index is 0.795. The van der Waals surface area contributed by atoms with E-state index in [2.05, 4.69) is 25.5 Å². The maximum Gasteiger partial charge on any atom is 0.135 e. The largest absolute Gasteiger partial charge is 0.497 e. The van der Waals surface area contributed by atoms with Crippen LogP contribution in [0.4, 0.5) is 17.3 Å². The maximum atomic E-state index is 5.15. The molecule has 0 radical (unpaired) electrons. The second-order valence-corrected chi connectivity index (χ2v) is 4.85. The SMILES string of the molecule is COc1ccc(Nc2cc(N3CCNCC3)ncn2)cc1. The number of nitrogens with one attached hydrogen (secondary N) is 2. The summed E-state index contributed by atoms with van der Waals surface area (Å²) >= 11 is 0. The maximum absolute atomic E-state index is 5.15. The quantitative estimate of drug-likeness (QED) is 0.890. The Morgan fingerprint density at radius 1 is 1.14 bits per heavy atom. The molecule has 2 heterocycles. The van der Waals surface area contributed by atoms with Crippen LogP contribution < -0.4 is 20.3 Å². The van der Waals surface area contributed by atoms with E-state index in [1.54, 1.807) is 13.4 Å². The summed E-state index contributed by atoms with van der Waals surface area (Å²) in [6.07, 6.45) is 1.60. The zero-order chi connectivity index (χ0) is 14.5. The molecule has 0 amide bonds. The van der Waals surface area contributed by atoms with Crippen LogP contribution in [0.1, 0.15) is 0 Å². The van der Waals surface area contributed by atoms with Crippen LogP contribution in [-0.4, -0.2) is 43.3 Å². The first-order valence-corrected chi connectivity index (χ1v) is 7.04. The molecule has 2 N–H and O–H groups in total. The highest BCUT2D eigenvalue weighted by molar-refractivity contribution is 5.60. The number of benzene rings is 1. The number of piperazine rings is 1. The van der Waals surface area contributed by atoms with E-state index < -0.39 is 0 Å². The van der Waals surface area contributed by atoms with Gasteiger partial charge >= 0.3 is 0 Å². The van der Waals surface area contributed by atoms with Gasteiger partial charge in [-0.3, -0.25) is 0 Å². The zero-order valence-corrected chi connectivity index (χ0v) is 12.0. The van der Waals surface area contributed by atoms with Gasteiger partial charge in [-0.2, -0.15) is 0 Å². The lowest BCUT2D eigenvalue weighted by atomic mass is 10.3. The van der Waals surface area contributed by atoms with Gasteiger partial charge in [-0.1, -0.05) is 0 Å². The Hall–Kier alpha value is -2.34. The minimum absolute atomic E-state index is 0.795. The fourth-order valence-corrected chi connectivity index (χ4v) is 2.30. The average Bonchev–Trinajstić information content (AvgIpc) is 2.57. The Morgan fingerprint density at radius 3 is 2.62 bits per heavy atom. The van der Waals surface area contributed by atoms with E-state index in [4.69, 9.17) is 4.74 Å². The number of aromatic nitrogens is 2. The molecule has 0 spiro atoms. The third kappa shape index (κ3) is 3.41. The summed E-state index contributed by atoms with van der Waals surface area (Å²) < 4.78 is 5.15. The molecule has 0 atom stereocenters. The molecular weight excluding hydrogens is 266 g/mol. The van der Waals surface area contributed by atoms with Gasteiger partial charge in [0.15, 0.2) is 0 Å². The van der Waals surface area contributed by atoms with Crippen molar-refractivity contribution in [3.8, 4) is 5.75 Å². The lowest BCUT2D eigenvalue weighted by Crippen LogP contribution is -2.43. The van der Waals surface area contributed by atoms with Crippen molar-refractivity contribution >= 4 is 17.3 Å². The van der Waals surface area contributed by atoms with Gasteiger partial charge in [0.05, 0.1) is 7.11 Å². The Kier molecular flexibility index (Phi) is 4.16. The number of ether oxygens (including phenoxy) is 1. The standard InChI is InChI=1S/C15H19N5O/c1-21-13-4-2-12(3-5-13)19-14-10-15(18-11-17-14)20-8-6-16-7-9-20/h2-5,10-11,16H,6-9H2,1H3,(H,17,18,19). The van der Waals surface area contributed by atoms with Gasteiger partial charge in [-0.25, -0.2) is 9.97 Å². The van der Waals surface area contributed by atoms with Crippen molar-refractivity contribution in [2.24, 2.45) is 0 Å². The fourth-order valence-electron chi connectivity index (χ4n) is 2.30. The van der Waals surface area contributed by atoms with Crippen molar-refractivity contribution in [1.29, 1.82) is 0 Å². The normalized spacial score (nSPS) is 14.8. The van der Waals surface area contributed by atoms with Gasteiger partial charge in [0.2, 0.25) is 0 Å². The molecule has 0 bridgehead atoms. The molecule has 2 aromatic rings. The topological polar surface area (TPSA) is 62.3 Å². The second kappa shape index (κ2) is 6.41. The van der Waals surface area contributed by atoms with Crippen LogP contribution in [0.3, 0.4) is 0 Å². The number of anilines is 3. The van der Waals surface area contributed by atoms with Crippen LogP contribution >= 0.6 is 0 Å². The third-order valence-electron chi connectivity index (χ3n) is 3.46. The lowest BCUT2D eigenvalue weighted by Gasteiger charge is -2.28. The Morgan fingerprint density at radius 2 is 1.90 bits per heavy atom. The molecule has 6 nitrogen and oxygen atoms in total. The summed E-state index contributed by atoms with van der Waals surface area (Å²) in [5.74, 6) is 2.59. The van der Waals surface area contributed by atoms with Gasteiger partial charge in [-0.15, -0.1) is 0 Å². The molecule has 1 fully saturated rings. The van der Waals surface area contributed by atoms with Crippen molar-refractivity contribution in [3.63, 3.8) is 0 Å². The van der Waals surface area contributed by atoms with Gasteiger partial charge in [0, 0.05) is 37.9 Å². The highest BCUT2D eigenvalue weighted by Crippen LogP contribution is 2.21. The van der Waals surface area contributed by atoms with Crippen molar-refractivity contribution in [2.75, 3.05) is 43.5 Å². The minimum Gasteiger partial charge on any atom is -0.497 e. The molecule has 1 aromatic carbocycles. The summed E-state index contributed by atoms with van der Waals surface area (Å²) in [7, 11) is 1.66. The van der Waals surface area contributed by atoms with Crippen LogP contribution in [0.15, 0.2) is 36.7 Å². The number of methoxy groups -OCH3 is 1. The van der Waals surface area contributed by atoms with Crippen LogP contribution in [-0.2, 0) is 0 Å². The predicted molar refractivity (Wildman–Crippen MR) is 83.4 cm³/mol. The molecule has 0 unspecified atom stereocenters. The molecule has 6 heteroatoms. The molecule has 110 valence electrons. The first-order chi connectivity index (χ1) is 10.3. The number of rotatable bonds is 4. The van der Waals surface area contributed by atoms with E-state index in [0.717, 1.165) is 49.3 Å². The Labute approximate surface area is 124 Å². The monoisotopic (exact) mass is 285 g/mol. The summed E-state index contributed by atoms with van der Waals surface area (Å²) in [5.41, 5.74) is 0.973. The van der Waals surface area contributed by atoms with Gasteiger partial charge in [-0.05, 0) is 24.3 Å². The van der Waals surface area contributed by atoms with E-state index in [1.807, 2.05) is 30.3 Å². The summed E-state index contributed by atoms with van der Waals surface area (Å²) in [4.78, 5) is 10.9. The summed E-state index contributed by atoms with van der Waals surface area (Å²) in [5, 5.41) is 6.62. The van der Waals surface area contributed by atoms with Crippen molar-refractivity contribution in [1.82, 2.24) is 15.3 Å². The van der Waals surface area contributed by atoms with E-state index in [0.29, 0.717) is 0 Å². The molecule has 1 saturated heterocycles. The van der Waals surface area contributed by atoms with E-state index in [9.17, 15) is 0 Å². The first kappa shape index (κ1) is 13.6. The molecule has 1 aliphatic rings. The highest BCUT2D eigenvalue weighted by atomic mass is 16.5. The van der Waals surface area contributed by atoms with Crippen molar-refractivity contribution in [3.05, 3.63) is 36.7 Å². The molecule has 21 heavy (non-hydrogen) atoms. The Balaban J connectivity index is 1.72.